The lowest BCUT2D eigenvalue weighted by molar-refractivity contribution is 0.1000. The van der Waals surface area contributed by atoms with E-state index in [1.54, 1.807) is 18.3 Å². The van der Waals surface area contributed by atoms with Gasteiger partial charge in [-0.05, 0) is 30.7 Å². The van der Waals surface area contributed by atoms with E-state index >= 15 is 0 Å². The fourth-order valence-electron chi connectivity index (χ4n) is 1.89. The number of imidazole rings is 1. The van der Waals surface area contributed by atoms with Gasteiger partial charge in [0.2, 0.25) is 5.91 Å². The van der Waals surface area contributed by atoms with Crippen molar-refractivity contribution in [1.29, 1.82) is 0 Å². The first-order valence-corrected chi connectivity index (χ1v) is 5.56. The van der Waals surface area contributed by atoms with E-state index in [0.29, 0.717) is 5.56 Å². The third-order valence-corrected chi connectivity index (χ3v) is 2.77. The minimum absolute atomic E-state index is 0.402. The Balaban J connectivity index is 2.50. The molecule has 88 valence electrons. The predicted molar refractivity (Wildman–Crippen MR) is 66.2 cm³/mol. The molecule has 0 aliphatic heterocycles. The van der Waals surface area contributed by atoms with Gasteiger partial charge in [0, 0.05) is 30.1 Å². The number of carbonyl (C=O) groups is 1. The number of nitrogens with two attached hydrogens (primary N) is 1. The molecule has 2 rings (SSSR count). The second kappa shape index (κ2) is 4.41. The van der Waals surface area contributed by atoms with Crippen LogP contribution < -0.4 is 5.73 Å². The fraction of sp³-hybridized carbons (Fsp3) is 0.231. The molecule has 1 aromatic carbocycles. The summed E-state index contributed by atoms with van der Waals surface area (Å²) in [5, 5.41) is 0. The SMILES string of the molecule is CCc1nccn1-c1ccc(C(N)=O)cc1C. The van der Waals surface area contributed by atoms with E-state index in [9.17, 15) is 4.79 Å². The molecule has 4 heteroatoms. The van der Waals surface area contributed by atoms with Crippen LogP contribution in [-0.4, -0.2) is 15.5 Å². The molecule has 0 spiro atoms. The number of hydrogen-bond donors (Lipinski definition) is 1. The summed E-state index contributed by atoms with van der Waals surface area (Å²) in [5.41, 5.74) is 7.82. The van der Waals surface area contributed by atoms with Gasteiger partial charge in [-0.15, -0.1) is 0 Å². The van der Waals surface area contributed by atoms with Crippen LogP contribution in [0.3, 0.4) is 0 Å². The minimum atomic E-state index is -0.402. The summed E-state index contributed by atoms with van der Waals surface area (Å²) in [6.45, 7) is 4.02. The van der Waals surface area contributed by atoms with E-state index in [-0.39, 0.29) is 0 Å². The topological polar surface area (TPSA) is 60.9 Å². The van der Waals surface area contributed by atoms with Crippen molar-refractivity contribution < 1.29 is 4.79 Å². The monoisotopic (exact) mass is 229 g/mol. The Bertz CT molecular complexity index is 558. The quantitative estimate of drug-likeness (QED) is 0.873. The van der Waals surface area contributed by atoms with Crippen LogP contribution in [0, 0.1) is 6.92 Å². The van der Waals surface area contributed by atoms with Crippen molar-refractivity contribution in [3.8, 4) is 5.69 Å². The molecule has 2 N–H and O–H groups in total. The molecule has 0 fully saturated rings. The van der Waals surface area contributed by atoms with Gasteiger partial charge in [0.25, 0.3) is 0 Å². The van der Waals surface area contributed by atoms with Gasteiger partial charge in [-0.1, -0.05) is 6.92 Å². The van der Waals surface area contributed by atoms with Crippen molar-refractivity contribution in [2.45, 2.75) is 20.3 Å². The molecule has 4 nitrogen and oxygen atoms in total. The maximum absolute atomic E-state index is 11.1. The molecule has 17 heavy (non-hydrogen) atoms. The van der Waals surface area contributed by atoms with Crippen LogP contribution >= 0.6 is 0 Å². The van der Waals surface area contributed by atoms with Crippen LogP contribution in [0.2, 0.25) is 0 Å². The Kier molecular flexibility index (Phi) is 2.95. The average molecular weight is 229 g/mol. The molecule has 0 bridgehead atoms. The molecule has 1 heterocycles. The molecule has 0 radical (unpaired) electrons. The molecule has 0 unspecified atom stereocenters. The Morgan fingerprint density at radius 2 is 2.24 bits per heavy atom. The van der Waals surface area contributed by atoms with Gasteiger partial charge in [-0.3, -0.25) is 4.79 Å². The molecule has 0 aliphatic carbocycles. The molecule has 0 atom stereocenters. The lowest BCUT2D eigenvalue weighted by Crippen LogP contribution is -2.11. The van der Waals surface area contributed by atoms with Crippen LogP contribution in [0.25, 0.3) is 5.69 Å². The predicted octanol–water partition coefficient (Wildman–Crippen LogP) is 1.84. The van der Waals surface area contributed by atoms with E-state index in [1.165, 1.54) is 0 Å². The Labute approximate surface area is 100 Å². The zero-order valence-electron chi connectivity index (χ0n) is 9.97. The number of benzene rings is 1. The van der Waals surface area contributed by atoms with Gasteiger partial charge in [-0.25, -0.2) is 4.98 Å². The number of primary amides is 1. The van der Waals surface area contributed by atoms with Crippen LogP contribution in [0.5, 0.6) is 0 Å². The van der Waals surface area contributed by atoms with Gasteiger partial charge in [0.05, 0.1) is 0 Å². The smallest absolute Gasteiger partial charge is 0.248 e. The number of nitrogens with zero attached hydrogens (tertiary/aromatic N) is 2. The summed E-state index contributed by atoms with van der Waals surface area (Å²) in [7, 11) is 0. The summed E-state index contributed by atoms with van der Waals surface area (Å²) in [6.07, 6.45) is 4.56. The fourth-order valence-corrected chi connectivity index (χ4v) is 1.89. The number of aryl methyl sites for hydroxylation is 2. The number of rotatable bonds is 3. The van der Waals surface area contributed by atoms with Crippen molar-refractivity contribution in [2.75, 3.05) is 0 Å². The summed E-state index contributed by atoms with van der Waals surface area (Å²) < 4.78 is 2.03. The van der Waals surface area contributed by atoms with E-state index in [1.807, 2.05) is 23.8 Å². The highest BCUT2D eigenvalue weighted by atomic mass is 16.1. The third kappa shape index (κ3) is 2.06. The Hall–Kier alpha value is -2.10. The van der Waals surface area contributed by atoms with Gasteiger partial charge >= 0.3 is 0 Å². The summed E-state index contributed by atoms with van der Waals surface area (Å²) in [4.78, 5) is 15.4. The Morgan fingerprint density at radius 3 is 2.82 bits per heavy atom. The van der Waals surface area contributed by atoms with E-state index in [2.05, 4.69) is 11.9 Å². The molecular formula is C13H15N3O. The summed E-state index contributed by atoms with van der Waals surface area (Å²) in [6, 6.07) is 5.44. The van der Waals surface area contributed by atoms with Gasteiger partial charge in [-0.2, -0.15) is 0 Å². The highest BCUT2D eigenvalue weighted by Crippen LogP contribution is 2.17. The number of carbonyl (C=O) groups excluding carboxylic acids is 1. The van der Waals surface area contributed by atoms with Crippen molar-refractivity contribution >= 4 is 5.91 Å². The molecule has 0 saturated carbocycles. The van der Waals surface area contributed by atoms with E-state index in [0.717, 1.165) is 23.5 Å². The first-order valence-electron chi connectivity index (χ1n) is 5.56. The molecule has 0 aliphatic rings. The molecule has 1 aromatic heterocycles. The maximum atomic E-state index is 11.1. The summed E-state index contributed by atoms with van der Waals surface area (Å²) in [5.74, 6) is 0.598. The zero-order valence-corrected chi connectivity index (χ0v) is 9.97. The normalized spacial score (nSPS) is 10.5. The average Bonchev–Trinajstić information content (AvgIpc) is 2.76. The highest BCUT2D eigenvalue weighted by molar-refractivity contribution is 5.93. The van der Waals surface area contributed by atoms with Gasteiger partial charge in [0.15, 0.2) is 0 Å². The Morgan fingerprint density at radius 1 is 1.47 bits per heavy atom. The van der Waals surface area contributed by atoms with Crippen LogP contribution in [0.15, 0.2) is 30.6 Å². The maximum Gasteiger partial charge on any atom is 0.248 e. The van der Waals surface area contributed by atoms with E-state index < -0.39 is 5.91 Å². The standard InChI is InChI=1S/C13H15N3O/c1-3-12-15-6-7-16(12)11-5-4-10(13(14)17)8-9(11)2/h4-8H,3H2,1-2H3,(H2,14,17). The van der Waals surface area contributed by atoms with Gasteiger partial charge in [0.1, 0.15) is 5.82 Å². The second-order valence-corrected chi connectivity index (χ2v) is 3.93. The van der Waals surface area contributed by atoms with Crippen LogP contribution in [0.4, 0.5) is 0 Å². The molecule has 1 amide bonds. The number of aromatic nitrogens is 2. The first kappa shape index (κ1) is 11.4. The van der Waals surface area contributed by atoms with E-state index in [4.69, 9.17) is 5.73 Å². The lowest BCUT2D eigenvalue weighted by Gasteiger charge is -2.10. The largest absolute Gasteiger partial charge is 0.366 e. The second-order valence-electron chi connectivity index (χ2n) is 3.93. The summed E-state index contributed by atoms with van der Waals surface area (Å²) >= 11 is 0. The molecular weight excluding hydrogens is 214 g/mol. The minimum Gasteiger partial charge on any atom is -0.366 e. The third-order valence-electron chi connectivity index (χ3n) is 2.77. The van der Waals surface area contributed by atoms with Crippen LogP contribution in [-0.2, 0) is 6.42 Å². The number of hydrogen-bond acceptors (Lipinski definition) is 2. The zero-order chi connectivity index (χ0) is 12.4. The van der Waals surface area contributed by atoms with Gasteiger partial charge < -0.3 is 10.3 Å². The molecule has 0 saturated heterocycles. The van der Waals surface area contributed by atoms with Crippen molar-refractivity contribution in [3.05, 3.63) is 47.5 Å². The number of amides is 1. The van der Waals surface area contributed by atoms with Crippen molar-refractivity contribution in [1.82, 2.24) is 9.55 Å². The van der Waals surface area contributed by atoms with Crippen molar-refractivity contribution in [3.63, 3.8) is 0 Å². The molecule has 2 aromatic rings. The highest BCUT2D eigenvalue weighted by Gasteiger charge is 2.08. The van der Waals surface area contributed by atoms with Crippen LogP contribution in [0.1, 0.15) is 28.7 Å². The lowest BCUT2D eigenvalue weighted by atomic mass is 10.1. The van der Waals surface area contributed by atoms with Crippen molar-refractivity contribution in [2.24, 2.45) is 5.73 Å². The first-order chi connectivity index (χ1) is 8.13.